The van der Waals surface area contributed by atoms with Crippen molar-refractivity contribution >= 4 is 44.8 Å². The summed E-state index contributed by atoms with van der Waals surface area (Å²) in [5, 5.41) is 0.513. The van der Waals surface area contributed by atoms with Crippen LogP contribution in [-0.4, -0.2) is 33.0 Å². The van der Waals surface area contributed by atoms with Crippen molar-refractivity contribution in [3.63, 3.8) is 0 Å². The maximum Gasteiger partial charge on any atom is 0.340 e. The molecule has 8 heteroatoms. The third-order valence-corrected chi connectivity index (χ3v) is 4.78. The third-order valence-electron chi connectivity index (χ3n) is 3.09. The molecule has 0 spiro atoms. The number of ether oxygens (including phenoxy) is 1. The number of benzene rings is 2. The second kappa shape index (κ2) is 7.34. The number of halogens is 2. The monoisotopic (exact) mass is 386 g/mol. The molecule has 2 aromatic rings. The number of esters is 1. The van der Waals surface area contributed by atoms with Gasteiger partial charge in [-0.15, -0.1) is 0 Å². The van der Waals surface area contributed by atoms with Crippen LogP contribution in [0.25, 0.3) is 0 Å². The summed E-state index contributed by atoms with van der Waals surface area (Å²) in [6.07, 6.45) is 1.01. The fraction of sp³-hybridized carbons (Fsp3) is 0.125. The molecule has 0 unspecified atom stereocenters. The van der Waals surface area contributed by atoms with Crippen LogP contribution in [0.5, 0.6) is 0 Å². The van der Waals surface area contributed by atoms with Crippen molar-refractivity contribution in [2.24, 2.45) is 0 Å². The number of rotatable bonds is 5. The largest absolute Gasteiger partial charge is 0.454 e. The van der Waals surface area contributed by atoms with Crippen molar-refractivity contribution in [1.82, 2.24) is 0 Å². The van der Waals surface area contributed by atoms with Gasteiger partial charge in [-0.1, -0.05) is 23.2 Å². The van der Waals surface area contributed by atoms with E-state index in [0.29, 0.717) is 10.6 Å². The average molecular weight is 387 g/mol. The van der Waals surface area contributed by atoms with Gasteiger partial charge in [-0.2, -0.15) is 0 Å². The summed E-state index contributed by atoms with van der Waals surface area (Å²) in [6.45, 7) is -0.500. The molecule has 0 saturated carbocycles. The summed E-state index contributed by atoms with van der Waals surface area (Å²) in [5.74, 6) is -1.30. The lowest BCUT2D eigenvalue weighted by atomic mass is 10.1. The first-order valence-corrected chi connectivity index (χ1v) is 9.29. The minimum absolute atomic E-state index is 0.0336. The van der Waals surface area contributed by atoms with E-state index < -0.39 is 28.2 Å². The van der Waals surface area contributed by atoms with Crippen LogP contribution in [0.1, 0.15) is 20.7 Å². The maximum atomic E-state index is 12.1. The summed E-state index contributed by atoms with van der Waals surface area (Å²) < 4.78 is 28.0. The van der Waals surface area contributed by atoms with Crippen LogP contribution in [0.4, 0.5) is 0 Å². The van der Waals surface area contributed by atoms with E-state index >= 15 is 0 Å². The number of hydrogen-bond donors (Lipinski definition) is 0. The van der Waals surface area contributed by atoms with Crippen LogP contribution in [0, 0.1) is 0 Å². The molecule has 0 atom stereocenters. The summed E-state index contributed by atoms with van der Waals surface area (Å²) in [5.41, 5.74) is 0.215. The van der Waals surface area contributed by atoms with Gasteiger partial charge in [0.1, 0.15) is 0 Å². The van der Waals surface area contributed by atoms with Gasteiger partial charge in [-0.25, -0.2) is 13.2 Å². The number of carbonyl (C=O) groups excluding carboxylic acids is 2. The number of hydrogen-bond acceptors (Lipinski definition) is 5. The van der Waals surface area contributed by atoms with Gasteiger partial charge in [0.15, 0.2) is 22.2 Å². The molecular weight excluding hydrogens is 375 g/mol. The van der Waals surface area contributed by atoms with Crippen LogP contribution >= 0.6 is 23.2 Å². The topological polar surface area (TPSA) is 77.5 Å². The standard InChI is InChI=1S/C16H12Cl2O5S/c1-24(21,22)12-6-7-14(18)13(8-12)16(20)23-9-15(19)10-2-4-11(17)5-3-10/h2-8H,9H2,1H3. The summed E-state index contributed by atoms with van der Waals surface area (Å²) in [7, 11) is -3.50. The highest BCUT2D eigenvalue weighted by Gasteiger charge is 2.18. The molecule has 0 N–H and O–H groups in total. The van der Waals surface area contributed by atoms with Gasteiger partial charge in [0.2, 0.25) is 0 Å². The Morgan fingerprint density at radius 3 is 2.25 bits per heavy atom. The molecule has 2 aromatic carbocycles. The maximum absolute atomic E-state index is 12.1. The second-order valence-corrected chi connectivity index (χ2v) is 7.78. The van der Waals surface area contributed by atoms with Crippen molar-refractivity contribution in [3.05, 3.63) is 63.6 Å². The summed E-state index contributed by atoms with van der Waals surface area (Å²) in [4.78, 5) is 23.9. The van der Waals surface area contributed by atoms with Gasteiger partial charge in [-0.3, -0.25) is 4.79 Å². The highest BCUT2D eigenvalue weighted by molar-refractivity contribution is 7.90. The van der Waals surface area contributed by atoms with Gasteiger partial charge in [0, 0.05) is 16.8 Å². The Hall–Kier alpha value is -1.89. The zero-order chi connectivity index (χ0) is 17.9. The molecule has 2 rings (SSSR count). The second-order valence-electron chi connectivity index (χ2n) is 4.92. The van der Waals surface area contributed by atoms with Crippen LogP contribution in [0.2, 0.25) is 10.0 Å². The Morgan fingerprint density at radius 2 is 1.67 bits per heavy atom. The zero-order valence-electron chi connectivity index (χ0n) is 12.5. The molecule has 0 heterocycles. The van der Waals surface area contributed by atoms with Crippen molar-refractivity contribution in [3.8, 4) is 0 Å². The fourth-order valence-electron chi connectivity index (χ4n) is 1.82. The molecule has 0 bridgehead atoms. The van der Waals surface area contributed by atoms with Crippen LogP contribution < -0.4 is 0 Å². The smallest absolute Gasteiger partial charge is 0.340 e. The normalized spacial score (nSPS) is 11.1. The van der Waals surface area contributed by atoms with E-state index in [1.54, 1.807) is 12.1 Å². The Morgan fingerprint density at radius 1 is 1.04 bits per heavy atom. The van der Waals surface area contributed by atoms with Gasteiger partial charge >= 0.3 is 5.97 Å². The molecule has 0 amide bonds. The quantitative estimate of drug-likeness (QED) is 0.580. The molecule has 0 radical (unpaired) electrons. The molecule has 0 fully saturated rings. The highest BCUT2D eigenvalue weighted by Crippen LogP contribution is 2.21. The Bertz CT molecular complexity index is 889. The van der Waals surface area contributed by atoms with Crippen molar-refractivity contribution in [2.45, 2.75) is 4.90 Å². The summed E-state index contributed by atoms with van der Waals surface area (Å²) >= 11 is 11.6. The lowest BCUT2D eigenvalue weighted by molar-refractivity contribution is 0.0474. The lowest BCUT2D eigenvalue weighted by Gasteiger charge is -2.07. The van der Waals surface area contributed by atoms with E-state index in [9.17, 15) is 18.0 Å². The molecule has 0 aliphatic rings. The number of sulfone groups is 1. The third kappa shape index (κ3) is 4.56. The predicted molar refractivity (Wildman–Crippen MR) is 90.6 cm³/mol. The van der Waals surface area contributed by atoms with Crippen molar-refractivity contribution in [1.29, 1.82) is 0 Å². The first-order chi connectivity index (χ1) is 11.2. The SMILES string of the molecule is CS(=O)(=O)c1ccc(Cl)c(C(=O)OCC(=O)c2ccc(Cl)cc2)c1. The minimum Gasteiger partial charge on any atom is -0.454 e. The molecule has 5 nitrogen and oxygen atoms in total. The molecule has 126 valence electrons. The number of carbonyl (C=O) groups is 2. The predicted octanol–water partition coefficient (Wildman–Crippen LogP) is 3.44. The van der Waals surface area contributed by atoms with Gasteiger partial charge in [-0.05, 0) is 42.5 Å². The minimum atomic E-state index is -3.50. The first kappa shape index (κ1) is 18.4. The zero-order valence-corrected chi connectivity index (χ0v) is 14.8. The van der Waals surface area contributed by atoms with Crippen LogP contribution in [0.3, 0.4) is 0 Å². The molecular formula is C16H12Cl2O5S. The Kier molecular flexibility index (Phi) is 5.64. The van der Waals surface area contributed by atoms with Crippen molar-refractivity contribution in [2.75, 3.05) is 12.9 Å². The van der Waals surface area contributed by atoms with E-state index in [0.717, 1.165) is 12.3 Å². The molecule has 0 aromatic heterocycles. The van der Waals surface area contributed by atoms with E-state index in [4.69, 9.17) is 27.9 Å². The summed E-state index contributed by atoms with van der Waals surface area (Å²) in [6, 6.07) is 9.80. The average Bonchev–Trinajstić information content (AvgIpc) is 2.52. The van der Waals surface area contributed by atoms with Gasteiger partial charge in [0.25, 0.3) is 0 Å². The van der Waals surface area contributed by atoms with E-state index in [1.165, 1.54) is 24.3 Å². The molecule has 24 heavy (non-hydrogen) atoms. The molecule has 0 saturated heterocycles. The Labute approximate surface area is 149 Å². The number of ketones is 1. The molecule has 0 aliphatic carbocycles. The van der Waals surface area contributed by atoms with Crippen LogP contribution in [0.15, 0.2) is 47.4 Å². The van der Waals surface area contributed by atoms with Gasteiger partial charge < -0.3 is 4.74 Å². The number of Topliss-reactive ketones (excluding diaryl/α,β-unsaturated/α-hetero) is 1. The van der Waals surface area contributed by atoms with E-state index in [2.05, 4.69) is 0 Å². The fourth-order valence-corrected chi connectivity index (χ4v) is 2.79. The highest BCUT2D eigenvalue weighted by atomic mass is 35.5. The van der Waals surface area contributed by atoms with Crippen LogP contribution in [-0.2, 0) is 14.6 Å². The Balaban J connectivity index is 2.12. The van der Waals surface area contributed by atoms with Crippen molar-refractivity contribution < 1.29 is 22.7 Å². The first-order valence-electron chi connectivity index (χ1n) is 6.64. The van der Waals surface area contributed by atoms with Gasteiger partial charge in [0.05, 0.1) is 15.5 Å². The van der Waals surface area contributed by atoms with E-state index in [-0.39, 0.29) is 15.5 Å². The van der Waals surface area contributed by atoms with E-state index in [1.807, 2.05) is 0 Å². The lowest BCUT2D eigenvalue weighted by Crippen LogP contribution is -2.15. The molecule has 0 aliphatic heterocycles.